The first-order valence-corrected chi connectivity index (χ1v) is 4.64. The van der Waals surface area contributed by atoms with Crippen molar-refractivity contribution in [3.8, 4) is 0 Å². The molecule has 1 aromatic rings. The topological polar surface area (TPSA) is 12.0 Å². The van der Waals surface area contributed by atoms with Crippen LogP contribution in [0.4, 0.5) is 0 Å². The number of thiol groups is 1. The van der Waals surface area contributed by atoms with Gasteiger partial charge in [-0.3, -0.25) is 0 Å². The lowest BCUT2D eigenvalue weighted by atomic mass is 10.2. The molecule has 0 amide bonds. The average Bonchev–Trinajstić information content (AvgIpc) is 2.21. The van der Waals surface area contributed by atoms with Crippen molar-refractivity contribution in [1.29, 1.82) is 0 Å². The predicted molar refractivity (Wildman–Crippen MR) is 61.6 cm³/mol. The van der Waals surface area contributed by atoms with Crippen molar-refractivity contribution in [2.45, 2.75) is 0 Å². The fourth-order valence-electron chi connectivity index (χ4n) is 1.02. The Morgan fingerprint density at radius 2 is 2.08 bits per heavy atom. The average molecular weight is 191 g/mol. The molecule has 0 atom stereocenters. The number of nitrogens with one attached hydrogen (secondary N) is 1. The van der Waals surface area contributed by atoms with E-state index in [1.54, 1.807) is 5.41 Å². The Morgan fingerprint density at radius 3 is 2.62 bits per heavy atom. The fraction of sp³-hybridized carbons (Fsp3) is 0.0909. The third-order valence-corrected chi connectivity index (χ3v) is 1.91. The summed E-state index contributed by atoms with van der Waals surface area (Å²) in [6, 6.07) is 10.1. The van der Waals surface area contributed by atoms with Gasteiger partial charge in [-0.1, -0.05) is 36.4 Å². The Balaban J connectivity index is 2.74. The van der Waals surface area contributed by atoms with Crippen LogP contribution < -0.4 is 5.32 Å². The van der Waals surface area contributed by atoms with Crippen molar-refractivity contribution >= 4 is 18.3 Å². The molecule has 0 aliphatic rings. The van der Waals surface area contributed by atoms with Crippen molar-refractivity contribution in [2.24, 2.45) is 0 Å². The lowest BCUT2D eigenvalue weighted by Crippen LogP contribution is -2.11. The minimum atomic E-state index is 0.751. The van der Waals surface area contributed by atoms with E-state index in [9.17, 15) is 0 Å². The Hall–Kier alpha value is -1.15. The summed E-state index contributed by atoms with van der Waals surface area (Å²) in [6.45, 7) is 4.40. The smallest absolute Gasteiger partial charge is 0.0477 e. The molecule has 13 heavy (non-hydrogen) atoms. The molecule has 0 heterocycles. The van der Waals surface area contributed by atoms with Crippen LogP contribution in [0.5, 0.6) is 0 Å². The molecule has 1 rings (SSSR count). The molecule has 1 nitrogen and oxygen atoms in total. The van der Waals surface area contributed by atoms with E-state index in [0.717, 1.165) is 17.8 Å². The number of hydrogen-bond acceptors (Lipinski definition) is 2. The minimum Gasteiger partial charge on any atom is -0.381 e. The Bertz CT molecular complexity index is 290. The molecular weight excluding hydrogens is 178 g/mol. The van der Waals surface area contributed by atoms with E-state index in [-0.39, 0.29) is 0 Å². The molecule has 0 aliphatic heterocycles. The zero-order chi connectivity index (χ0) is 9.52. The minimum absolute atomic E-state index is 0.751. The zero-order valence-corrected chi connectivity index (χ0v) is 8.30. The highest BCUT2D eigenvalue weighted by Gasteiger charge is 1.96. The van der Waals surface area contributed by atoms with E-state index >= 15 is 0 Å². The summed E-state index contributed by atoms with van der Waals surface area (Å²) < 4.78 is 0. The van der Waals surface area contributed by atoms with Crippen molar-refractivity contribution in [2.75, 3.05) is 6.54 Å². The molecule has 1 N–H and O–H groups in total. The summed E-state index contributed by atoms with van der Waals surface area (Å²) in [6.07, 6.45) is 1.82. The van der Waals surface area contributed by atoms with E-state index in [2.05, 4.69) is 24.5 Å². The first-order chi connectivity index (χ1) is 6.38. The summed E-state index contributed by atoms with van der Waals surface area (Å²) >= 11 is 4.14. The van der Waals surface area contributed by atoms with Gasteiger partial charge >= 0.3 is 0 Å². The highest BCUT2D eigenvalue weighted by Crippen LogP contribution is 2.10. The van der Waals surface area contributed by atoms with E-state index in [1.807, 2.05) is 36.4 Å². The molecule has 0 spiro atoms. The largest absolute Gasteiger partial charge is 0.381 e. The molecule has 0 radical (unpaired) electrons. The van der Waals surface area contributed by atoms with Crippen LogP contribution in [0.1, 0.15) is 5.56 Å². The third kappa shape index (κ3) is 2.99. The molecule has 0 bridgehead atoms. The van der Waals surface area contributed by atoms with Crippen LogP contribution in [0, 0.1) is 0 Å². The molecular formula is C11H13NS. The first-order valence-electron chi connectivity index (χ1n) is 4.13. The van der Waals surface area contributed by atoms with Gasteiger partial charge in [0.1, 0.15) is 0 Å². The maximum atomic E-state index is 4.14. The quantitative estimate of drug-likeness (QED) is 0.551. The molecule has 68 valence electrons. The van der Waals surface area contributed by atoms with Crippen molar-refractivity contribution in [3.63, 3.8) is 0 Å². The van der Waals surface area contributed by atoms with Gasteiger partial charge in [0.2, 0.25) is 0 Å². The standard InChI is InChI=1S/C11H13NS/c1-2-8-12-11(9-13)10-6-4-3-5-7-10/h2-7,9,12-13H,1,8H2/b11-9-. The molecule has 0 saturated heterocycles. The molecule has 0 unspecified atom stereocenters. The van der Waals surface area contributed by atoms with Crippen molar-refractivity contribution in [3.05, 3.63) is 54.0 Å². The zero-order valence-electron chi connectivity index (χ0n) is 7.40. The van der Waals surface area contributed by atoms with E-state index in [0.29, 0.717) is 0 Å². The lowest BCUT2D eigenvalue weighted by Gasteiger charge is -2.07. The van der Waals surface area contributed by atoms with Gasteiger partial charge < -0.3 is 5.32 Å². The molecule has 0 aromatic heterocycles. The van der Waals surface area contributed by atoms with Crippen LogP contribution in [0.15, 0.2) is 48.4 Å². The monoisotopic (exact) mass is 191 g/mol. The number of benzene rings is 1. The number of hydrogen-bond donors (Lipinski definition) is 2. The van der Waals surface area contributed by atoms with Crippen LogP contribution in [-0.4, -0.2) is 6.54 Å². The van der Waals surface area contributed by atoms with Crippen molar-refractivity contribution in [1.82, 2.24) is 5.32 Å². The Kier molecular flexibility index (Phi) is 4.19. The Labute approximate surface area is 84.6 Å². The molecule has 0 aliphatic carbocycles. The summed E-state index contributed by atoms with van der Waals surface area (Å²) in [5, 5.41) is 4.96. The predicted octanol–water partition coefficient (Wildman–Crippen LogP) is 2.69. The second-order valence-electron chi connectivity index (χ2n) is 2.58. The van der Waals surface area contributed by atoms with E-state index in [4.69, 9.17) is 0 Å². The third-order valence-electron chi connectivity index (χ3n) is 1.65. The summed E-state index contributed by atoms with van der Waals surface area (Å²) in [5.41, 5.74) is 2.16. The SMILES string of the molecule is C=CCN/C(=C\S)c1ccccc1. The van der Waals surface area contributed by atoms with Crippen molar-refractivity contribution < 1.29 is 0 Å². The van der Waals surface area contributed by atoms with Crippen LogP contribution in [0.3, 0.4) is 0 Å². The second-order valence-corrected chi connectivity index (χ2v) is 2.84. The van der Waals surface area contributed by atoms with Gasteiger partial charge in [-0.15, -0.1) is 19.2 Å². The fourth-order valence-corrected chi connectivity index (χ4v) is 1.26. The normalized spacial score (nSPS) is 11.0. The van der Waals surface area contributed by atoms with Gasteiger partial charge in [0.05, 0.1) is 0 Å². The van der Waals surface area contributed by atoms with Crippen LogP contribution in [0.2, 0.25) is 0 Å². The van der Waals surface area contributed by atoms with Gasteiger partial charge in [-0.05, 0) is 11.0 Å². The summed E-state index contributed by atoms with van der Waals surface area (Å²) in [5.74, 6) is 0. The van der Waals surface area contributed by atoms with Gasteiger partial charge in [-0.2, -0.15) is 0 Å². The van der Waals surface area contributed by atoms with E-state index in [1.165, 1.54) is 0 Å². The highest BCUT2D eigenvalue weighted by molar-refractivity contribution is 7.83. The van der Waals surface area contributed by atoms with Gasteiger partial charge in [-0.25, -0.2) is 0 Å². The van der Waals surface area contributed by atoms with Gasteiger partial charge in [0, 0.05) is 12.2 Å². The van der Waals surface area contributed by atoms with Crippen LogP contribution in [-0.2, 0) is 0 Å². The first kappa shape index (κ1) is 9.93. The maximum absolute atomic E-state index is 4.14. The maximum Gasteiger partial charge on any atom is 0.0477 e. The highest BCUT2D eigenvalue weighted by atomic mass is 32.1. The van der Waals surface area contributed by atoms with Gasteiger partial charge in [0.15, 0.2) is 0 Å². The van der Waals surface area contributed by atoms with Crippen LogP contribution >= 0.6 is 12.6 Å². The number of rotatable bonds is 4. The van der Waals surface area contributed by atoms with E-state index < -0.39 is 0 Å². The summed E-state index contributed by atoms with van der Waals surface area (Å²) in [7, 11) is 0. The molecule has 0 saturated carbocycles. The summed E-state index contributed by atoms with van der Waals surface area (Å²) in [4.78, 5) is 0. The second kappa shape index (κ2) is 5.49. The molecule has 0 fully saturated rings. The van der Waals surface area contributed by atoms with Crippen LogP contribution in [0.25, 0.3) is 5.70 Å². The molecule has 2 heteroatoms. The Morgan fingerprint density at radius 1 is 1.38 bits per heavy atom. The molecule has 1 aromatic carbocycles. The lowest BCUT2D eigenvalue weighted by molar-refractivity contribution is 1.01. The van der Waals surface area contributed by atoms with Gasteiger partial charge in [0.25, 0.3) is 0 Å².